The zero-order chi connectivity index (χ0) is 24.0. The third-order valence-corrected chi connectivity index (χ3v) is 8.27. The number of nitrogens with one attached hydrogen (secondary N) is 2. The van der Waals surface area contributed by atoms with Gasteiger partial charge in [-0.15, -0.1) is 10.2 Å². The molecule has 33 heavy (non-hydrogen) atoms. The molecule has 2 aromatic heterocycles. The Morgan fingerprint density at radius 2 is 2.00 bits per heavy atom. The van der Waals surface area contributed by atoms with Gasteiger partial charge in [-0.2, -0.15) is 5.21 Å². The molecule has 1 unspecified atom stereocenters. The summed E-state index contributed by atoms with van der Waals surface area (Å²) in [5.41, 5.74) is 11.9. The van der Waals surface area contributed by atoms with Crippen LogP contribution >= 0.6 is 11.3 Å². The minimum atomic E-state index is -4.30. The van der Waals surface area contributed by atoms with Crippen molar-refractivity contribution in [1.82, 2.24) is 30.3 Å². The first-order valence-electron chi connectivity index (χ1n) is 9.43. The number of aromatic amines is 1. The van der Waals surface area contributed by atoms with E-state index in [-0.39, 0.29) is 17.9 Å². The molecule has 4 rings (SSSR count). The number of nitrogens with two attached hydrogens (primary N) is 2. The highest BCUT2D eigenvalue weighted by molar-refractivity contribution is 7.90. The van der Waals surface area contributed by atoms with Gasteiger partial charge in [-0.3, -0.25) is 4.21 Å². The van der Waals surface area contributed by atoms with Crippen LogP contribution in [0.2, 0.25) is 0 Å². The lowest BCUT2D eigenvalue weighted by atomic mass is 9.98. The molecule has 1 atom stereocenters. The summed E-state index contributed by atoms with van der Waals surface area (Å²) in [6.07, 6.45) is 0. The first kappa shape index (κ1) is 23.3. The van der Waals surface area contributed by atoms with Crippen molar-refractivity contribution in [2.24, 2.45) is 5.73 Å². The van der Waals surface area contributed by atoms with Crippen molar-refractivity contribution in [3.8, 4) is 22.5 Å². The molecule has 2 heterocycles. The second-order valence-electron chi connectivity index (χ2n) is 7.68. The maximum absolute atomic E-state index is 13.2. The topological polar surface area (TPSA) is 206 Å². The smallest absolute Gasteiger partial charge is 0.242 e. The lowest BCUT2D eigenvalue weighted by Crippen LogP contribution is -2.48. The van der Waals surface area contributed by atoms with Crippen molar-refractivity contribution in [3.63, 3.8) is 0 Å². The Hall–Kier alpha value is -2.82. The molecule has 0 bridgehead atoms. The summed E-state index contributed by atoms with van der Waals surface area (Å²) in [4.78, 5) is 3.38. The number of benzene rings is 2. The highest BCUT2D eigenvalue weighted by atomic mass is 32.2. The Morgan fingerprint density at radius 3 is 2.64 bits per heavy atom. The Balaban J connectivity index is 2.07. The molecule has 0 radical (unpaired) electrons. The van der Waals surface area contributed by atoms with Crippen molar-refractivity contribution in [3.05, 3.63) is 30.3 Å². The largest absolute Gasteiger partial charge is 0.768 e. The number of tetrazole rings is 1. The average Bonchev–Trinajstić information content (AvgIpc) is 3.40. The van der Waals surface area contributed by atoms with Crippen molar-refractivity contribution in [2.45, 2.75) is 29.2 Å². The summed E-state index contributed by atoms with van der Waals surface area (Å²) in [6, 6.07) is 8.01. The standard InChI is InChI=1S/C18H20N8O4S3/c1-18(2,8-19)24-33(29,30)12-7-6-9(10-4-3-5-11-14(10)21-17(20)31-11)13(15(12)32(27)28)16-22-25-26-23-16/h3-7,24H,8,19H2,1-2H3,(H2,20,21)(H,27,28)(H,22,23,25,26)/p-1. The Morgan fingerprint density at radius 1 is 1.24 bits per heavy atom. The number of H-pyrrole nitrogens is 1. The number of sulfonamides is 1. The molecule has 0 aliphatic carbocycles. The third kappa shape index (κ3) is 4.38. The Bertz CT molecular complexity index is 1470. The number of aromatic nitrogens is 5. The average molecular weight is 508 g/mol. The van der Waals surface area contributed by atoms with E-state index in [9.17, 15) is 17.2 Å². The molecule has 4 aromatic rings. The number of anilines is 1. The van der Waals surface area contributed by atoms with Gasteiger partial charge < -0.3 is 16.0 Å². The van der Waals surface area contributed by atoms with E-state index in [0.29, 0.717) is 21.8 Å². The van der Waals surface area contributed by atoms with Gasteiger partial charge in [0, 0.05) is 23.2 Å². The van der Waals surface area contributed by atoms with Crippen LogP contribution in [0.5, 0.6) is 0 Å². The molecule has 15 heteroatoms. The molecule has 0 aliphatic rings. The van der Waals surface area contributed by atoms with Crippen LogP contribution in [-0.2, 0) is 21.1 Å². The third-order valence-electron chi connectivity index (χ3n) is 4.79. The van der Waals surface area contributed by atoms with Crippen LogP contribution in [0.15, 0.2) is 40.1 Å². The van der Waals surface area contributed by atoms with Crippen LogP contribution in [0.25, 0.3) is 32.7 Å². The number of nitrogens with zero attached hydrogens (tertiary/aromatic N) is 4. The van der Waals surface area contributed by atoms with Gasteiger partial charge in [-0.25, -0.2) is 18.1 Å². The molecule has 0 fully saturated rings. The van der Waals surface area contributed by atoms with Crippen LogP contribution < -0.4 is 16.2 Å². The van der Waals surface area contributed by atoms with Crippen molar-refractivity contribution >= 4 is 47.8 Å². The van der Waals surface area contributed by atoms with Crippen molar-refractivity contribution in [1.29, 1.82) is 0 Å². The maximum Gasteiger partial charge on any atom is 0.242 e. The number of nitrogen functional groups attached to an aromatic ring is 1. The van der Waals surface area contributed by atoms with Crippen molar-refractivity contribution in [2.75, 3.05) is 12.3 Å². The number of hydrogen-bond donors (Lipinski definition) is 4. The minimum Gasteiger partial charge on any atom is -0.768 e. The van der Waals surface area contributed by atoms with Gasteiger partial charge in [0.25, 0.3) is 0 Å². The normalized spacial score (nSPS) is 13.5. The minimum absolute atomic E-state index is 0.00887. The summed E-state index contributed by atoms with van der Waals surface area (Å²) in [5.74, 6) is -0.0976. The predicted octanol–water partition coefficient (Wildman–Crippen LogP) is 0.979. The number of thiazole rings is 1. The van der Waals surface area contributed by atoms with E-state index in [2.05, 4.69) is 30.3 Å². The zero-order valence-corrected chi connectivity index (χ0v) is 19.8. The highest BCUT2D eigenvalue weighted by Gasteiger charge is 2.31. The zero-order valence-electron chi connectivity index (χ0n) is 17.4. The van der Waals surface area contributed by atoms with Gasteiger partial charge in [0.05, 0.1) is 20.0 Å². The monoisotopic (exact) mass is 507 g/mol. The number of hydrogen-bond acceptors (Lipinski definition) is 11. The molecular formula is C18H19N8O4S3-. The fourth-order valence-electron chi connectivity index (χ4n) is 3.30. The maximum atomic E-state index is 13.2. The summed E-state index contributed by atoms with van der Waals surface area (Å²) in [5, 5.41) is 14.0. The molecule has 12 nitrogen and oxygen atoms in total. The van der Waals surface area contributed by atoms with E-state index in [1.54, 1.807) is 26.0 Å². The Labute approximate surface area is 195 Å². The molecule has 0 aliphatic heterocycles. The van der Waals surface area contributed by atoms with E-state index < -0.39 is 36.4 Å². The molecular weight excluding hydrogens is 488 g/mol. The van der Waals surface area contributed by atoms with Gasteiger partial charge in [0.1, 0.15) is 0 Å². The summed E-state index contributed by atoms with van der Waals surface area (Å²) in [7, 11) is -4.30. The molecule has 0 saturated carbocycles. The summed E-state index contributed by atoms with van der Waals surface area (Å²) < 4.78 is 54.5. The second kappa shape index (κ2) is 8.51. The van der Waals surface area contributed by atoms with Crippen LogP contribution in [0.1, 0.15) is 13.8 Å². The number of fused-ring (bicyclic) bond motifs is 1. The van der Waals surface area contributed by atoms with E-state index in [4.69, 9.17) is 11.5 Å². The quantitative estimate of drug-likeness (QED) is 0.261. The van der Waals surface area contributed by atoms with Gasteiger partial charge in [-0.05, 0) is 47.8 Å². The van der Waals surface area contributed by atoms with Gasteiger partial charge in [-0.1, -0.05) is 29.5 Å². The van der Waals surface area contributed by atoms with Gasteiger partial charge in [0.2, 0.25) is 15.8 Å². The lowest BCUT2D eigenvalue weighted by Gasteiger charge is -2.26. The van der Waals surface area contributed by atoms with E-state index in [1.807, 2.05) is 6.07 Å². The van der Waals surface area contributed by atoms with Crippen molar-refractivity contribution < 1.29 is 17.2 Å². The lowest BCUT2D eigenvalue weighted by molar-refractivity contribution is 0.461. The molecule has 2 aromatic carbocycles. The van der Waals surface area contributed by atoms with Crippen LogP contribution in [-0.4, -0.2) is 54.9 Å². The first-order valence-corrected chi connectivity index (χ1v) is 12.8. The fraction of sp³-hybridized carbons (Fsp3) is 0.222. The first-order chi connectivity index (χ1) is 15.5. The van der Waals surface area contributed by atoms with E-state index >= 15 is 0 Å². The summed E-state index contributed by atoms with van der Waals surface area (Å²) in [6.45, 7) is 3.16. The second-order valence-corrected chi connectivity index (χ2v) is 11.3. The van der Waals surface area contributed by atoms with Gasteiger partial charge in [0.15, 0.2) is 5.13 Å². The highest BCUT2D eigenvalue weighted by Crippen LogP contribution is 2.41. The molecule has 0 amide bonds. The van der Waals surface area contributed by atoms with Gasteiger partial charge >= 0.3 is 0 Å². The molecule has 174 valence electrons. The van der Waals surface area contributed by atoms with Crippen LogP contribution in [0.3, 0.4) is 0 Å². The summed E-state index contributed by atoms with van der Waals surface area (Å²) >= 11 is -1.72. The molecule has 0 spiro atoms. The predicted molar refractivity (Wildman–Crippen MR) is 123 cm³/mol. The van der Waals surface area contributed by atoms with E-state index in [0.717, 1.165) is 4.70 Å². The van der Waals surface area contributed by atoms with Crippen LogP contribution in [0.4, 0.5) is 5.13 Å². The molecule has 0 saturated heterocycles. The Kier molecular flexibility index (Phi) is 6.02. The number of rotatable bonds is 7. The molecule has 6 N–H and O–H groups in total. The fourth-order valence-corrected chi connectivity index (χ4v) is 6.71. The SMILES string of the molecule is CC(C)(CN)NS(=O)(=O)c1ccc(-c2cccc3sc(N)nc23)c(-c2nn[nH]n2)c1S(=O)[O-]. The van der Waals surface area contributed by atoms with Crippen LogP contribution in [0, 0.1) is 0 Å². The van der Waals surface area contributed by atoms with E-state index in [1.165, 1.54) is 23.5 Å². The number of para-hydroxylation sites is 1.